The van der Waals surface area contributed by atoms with Gasteiger partial charge in [-0.1, -0.05) is 12.1 Å². The first-order valence-electron chi connectivity index (χ1n) is 13.9. The highest BCUT2D eigenvalue weighted by atomic mass is 16.5. The van der Waals surface area contributed by atoms with E-state index in [1.807, 2.05) is 18.2 Å². The predicted octanol–water partition coefficient (Wildman–Crippen LogP) is 2.12. The van der Waals surface area contributed by atoms with Gasteiger partial charge >= 0.3 is 0 Å². The van der Waals surface area contributed by atoms with Crippen molar-refractivity contribution in [3.05, 3.63) is 47.4 Å². The molecule has 4 aromatic rings. The first-order chi connectivity index (χ1) is 19.2. The number of para-hydroxylation sites is 1. The average molecular weight is 530 g/mol. The standard InChI is InChI=1S/C28H35N9O2/c1-38-23-4-2-3-21-26(23)32-28(29)37-27(21)31-24(33-37)9-10-34-17-19-5-6-25(30-22(19)18-34)36-11-7-20(8-12-36)35-13-15-39-16-14-35/h2-6,20H,7-18H2,1H3,(H2,29,32). The summed E-state index contributed by atoms with van der Waals surface area (Å²) in [4.78, 5) is 21.9. The van der Waals surface area contributed by atoms with Crippen LogP contribution in [-0.4, -0.2) is 93.5 Å². The van der Waals surface area contributed by atoms with Crippen LogP contribution in [-0.2, 0) is 24.2 Å². The summed E-state index contributed by atoms with van der Waals surface area (Å²) in [5.74, 6) is 2.85. The summed E-state index contributed by atoms with van der Waals surface area (Å²) in [6.45, 7) is 8.60. The molecule has 2 N–H and O–H groups in total. The second kappa shape index (κ2) is 10.2. The number of benzene rings is 1. The van der Waals surface area contributed by atoms with Crippen molar-refractivity contribution in [3.63, 3.8) is 0 Å². The smallest absolute Gasteiger partial charge is 0.223 e. The number of hydrogen-bond donors (Lipinski definition) is 1. The largest absolute Gasteiger partial charge is 0.494 e. The lowest BCUT2D eigenvalue weighted by atomic mass is 10.0. The molecule has 6 heterocycles. The monoisotopic (exact) mass is 529 g/mol. The Morgan fingerprint density at radius 1 is 1.00 bits per heavy atom. The Labute approximate surface area is 227 Å². The SMILES string of the molecule is COc1cccc2c1nc(N)n1nc(CCN3Cc4ccc(N5CCC(N6CCOCC6)CC5)nc4C3)nc21. The molecule has 3 aliphatic rings. The van der Waals surface area contributed by atoms with E-state index in [0.29, 0.717) is 28.9 Å². The van der Waals surface area contributed by atoms with E-state index >= 15 is 0 Å². The van der Waals surface area contributed by atoms with E-state index in [9.17, 15) is 0 Å². The second-order valence-electron chi connectivity index (χ2n) is 10.7. The number of ether oxygens (including phenoxy) is 2. The van der Waals surface area contributed by atoms with Crippen LogP contribution in [0.5, 0.6) is 5.75 Å². The molecule has 39 heavy (non-hydrogen) atoms. The van der Waals surface area contributed by atoms with Crippen LogP contribution >= 0.6 is 0 Å². The fourth-order valence-corrected chi connectivity index (χ4v) is 6.24. The number of piperidine rings is 1. The van der Waals surface area contributed by atoms with Gasteiger partial charge < -0.3 is 20.1 Å². The van der Waals surface area contributed by atoms with Gasteiger partial charge in [0.2, 0.25) is 5.95 Å². The van der Waals surface area contributed by atoms with Crippen LogP contribution in [0.1, 0.15) is 29.9 Å². The highest BCUT2D eigenvalue weighted by Gasteiger charge is 2.28. The van der Waals surface area contributed by atoms with Crippen LogP contribution in [0.25, 0.3) is 16.6 Å². The number of morpholine rings is 1. The van der Waals surface area contributed by atoms with Crippen molar-refractivity contribution >= 4 is 28.3 Å². The van der Waals surface area contributed by atoms with Crippen molar-refractivity contribution in [2.45, 2.75) is 38.4 Å². The molecule has 0 spiro atoms. The summed E-state index contributed by atoms with van der Waals surface area (Å²) in [6.07, 6.45) is 3.11. The minimum Gasteiger partial charge on any atom is -0.494 e. The zero-order chi connectivity index (χ0) is 26.3. The Kier molecular flexibility index (Phi) is 6.42. The quantitative estimate of drug-likeness (QED) is 0.399. The second-order valence-corrected chi connectivity index (χ2v) is 10.7. The molecular formula is C28H35N9O2. The van der Waals surface area contributed by atoms with Crippen molar-refractivity contribution < 1.29 is 9.47 Å². The third-order valence-electron chi connectivity index (χ3n) is 8.38. The van der Waals surface area contributed by atoms with Crippen molar-refractivity contribution in [1.29, 1.82) is 0 Å². The fraction of sp³-hybridized carbons (Fsp3) is 0.500. The van der Waals surface area contributed by atoms with Gasteiger partial charge in [-0.15, -0.1) is 5.10 Å². The van der Waals surface area contributed by atoms with Gasteiger partial charge in [-0.05, 0) is 36.6 Å². The maximum atomic E-state index is 6.22. The molecule has 204 valence electrons. The summed E-state index contributed by atoms with van der Waals surface area (Å²) in [5, 5.41) is 5.54. The van der Waals surface area contributed by atoms with Crippen LogP contribution in [0.15, 0.2) is 30.3 Å². The number of methoxy groups -OCH3 is 1. The molecule has 0 amide bonds. The minimum atomic E-state index is 0.306. The van der Waals surface area contributed by atoms with Crippen LogP contribution < -0.4 is 15.4 Å². The van der Waals surface area contributed by atoms with Crippen LogP contribution in [0.3, 0.4) is 0 Å². The molecule has 2 fully saturated rings. The van der Waals surface area contributed by atoms with Crippen molar-refractivity contribution in [2.75, 3.05) is 63.7 Å². The van der Waals surface area contributed by atoms with Crippen molar-refractivity contribution in [2.24, 2.45) is 0 Å². The number of nitrogens with two attached hydrogens (primary N) is 1. The first-order valence-corrected chi connectivity index (χ1v) is 13.9. The van der Waals surface area contributed by atoms with Gasteiger partial charge in [0.05, 0.1) is 26.0 Å². The van der Waals surface area contributed by atoms with Crippen LogP contribution in [0.2, 0.25) is 0 Å². The summed E-state index contributed by atoms with van der Waals surface area (Å²) in [5.41, 5.74) is 10.1. The molecule has 1 aromatic carbocycles. The number of nitrogens with zero attached hydrogens (tertiary/aromatic N) is 8. The number of pyridine rings is 1. The minimum absolute atomic E-state index is 0.306. The van der Waals surface area contributed by atoms with E-state index in [1.165, 1.54) is 24.1 Å². The number of hydrogen-bond acceptors (Lipinski definition) is 10. The normalized spacial score (nSPS) is 19.3. The van der Waals surface area contributed by atoms with E-state index in [4.69, 9.17) is 25.2 Å². The molecule has 2 saturated heterocycles. The number of nitrogen functional groups attached to an aromatic ring is 1. The van der Waals surface area contributed by atoms with Gasteiger partial charge in [0.15, 0.2) is 11.5 Å². The Bertz CT molecular complexity index is 1490. The van der Waals surface area contributed by atoms with E-state index in [1.54, 1.807) is 11.6 Å². The Hall–Kier alpha value is -3.54. The molecule has 3 aliphatic heterocycles. The van der Waals surface area contributed by atoms with Gasteiger partial charge in [-0.25, -0.2) is 15.0 Å². The lowest BCUT2D eigenvalue weighted by Crippen LogP contribution is -2.49. The van der Waals surface area contributed by atoms with Crippen molar-refractivity contribution in [3.8, 4) is 5.75 Å². The van der Waals surface area contributed by atoms with Gasteiger partial charge in [-0.3, -0.25) is 9.80 Å². The predicted molar refractivity (Wildman–Crippen MR) is 149 cm³/mol. The molecule has 11 heteroatoms. The van der Waals surface area contributed by atoms with Gasteiger partial charge in [-0.2, -0.15) is 4.52 Å². The third kappa shape index (κ3) is 4.64. The Morgan fingerprint density at radius 2 is 1.85 bits per heavy atom. The van der Waals surface area contributed by atoms with Crippen LogP contribution in [0, 0.1) is 0 Å². The van der Waals surface area contributed by atoms with Gasteiger partial charge in [0.25, 0.3) is 0 Å². The van der Waals surface area contributed by atoms with Gasteiger partial charge in [0.1, 0.15) is 17.1 Å². The maximum Gasteiger partial charge on any atom is 0.223 e. The molecule has 0 unspecified atom stereocenters. The van der Waals surface area contributed by atoms with E-state index < -0.39 is 0 Å². The lowest BCUT2D eigenvalue weighted by molar-refractivity contribution is 0.0115. The highest BCUT2D eigenvalue weighted by Crippen LogP contribution is 2.29. The maximum absolute atomic E-state index is 6.22. The molecule has 0 atom stereocenters. The number of fused-ring (bicyclic) bond motifs is 4. The first kappa shape index (κ1) is 24.5. The number of rotatable bonds is 6. The van der Waals surface area contributed by atoms with E-state index in [0.717, 1.165) is 82.5 Å². The zero-order valence-corrected chi connectivity index (χ0v) is 22.4. The van der Waals surface area contributed by atoms with E-state index in [-0.39, 0.29) is 0 Å². The summed E-state index contributed by atoms with van der Waals surface area (Å²) in [6, 6.07) is 10.9. The highest BCUT2D eigenvalue weighted by molar-refractivity contribution is 5.95. The topological polar surface area (TPSA) is 110 Å². The van der Waals surface area contributed by atoms with Crippen LogP contribution in [0.4, 0.5) is 11.8 Å². The zero-order valence-electron chi connectivity index (χ0n) is 22.4. The average Bonchev–Trinajstić information content (AvgIpc) is 3.61. The molecule has 7 rings (SSSR count). The molecule has 3 aromatic heterocycles. The Balaban J connectivity index is 0.996. The van der Waals surface area contributed by atoms with Crippen molar-refractivity contribution in [1.82, 2.24) is 34.4 Å². The third-order valence-corrected chi connectivity index (χ3v) is 8.38. The summed E-state index contributed by atoms with van der Waals surface area (Å²) < 4.78 is 12.6. The number of anilines is 2. The van der Waals surface area contributed by atoms with E-state index in [2.05, 4.69) is 36.9 Å². The van der Waals surface area contributed by atoms with Gasteiger partial charge in [0, 0.05) is 63.7 Å². The summed E-state index contributed by atoms with van der Waals surface area (Å²) >= 11 is 0. The molecular weight excluding hydrogens is 494 g/mol. The molecule has 11 nitrogen and oxygen atoms in total. The Morgan fingerprint density at radius 3 is 2.67 bits per heavy atom. The fourth-order valence-electron chi connectivity index (χ4n) is 6.24. The molecule has 0 radical (unpaired) electrons. The molecule has 0 bridgehead atoms. The lowest BCUT2D eigenvalue weighted by Gasteiger charge is -2.40. The molecule has 0 aliphatic carbocycles. The summed E-state index contributed by atoms with van der Waals surface area (Å²) in [7, 11) is 1.63. The molecule has 0 saturated carbocycles. The number of aromatic nitrogens is 5.